The second-order valence-corrected chi connectivity index (χ2v) is 5.42. The lowest BCUT2D eigenvalue weighted by atomic mass is 10.2. The van der Waals surface area contributed by atoms with Gasteiger partial charge in [-0.15, -0.1) is 0 Å². The van der Waals surface area contributed by atoms with Gasteiger partial charge >= 0.3 is 6.09 Å². The molecule has 6 heteroatoms. The molecule has 1 aromatic heterocycles. The molecule has 0 saturated heterocycles. The van der Waals surface area contributed by atoms with Crippen molar-refractivity contribution in [2.75, 3.05) is 4.90 Å². The summed E-state index contributed by atoms with van der Waals surface area (Å²) in [7, 11) is 0. The molecule has 0 aliphatic heterocycles. The Morgan fingerprint density at radius 2 is 1.96 bits per heavy atom. The second-order valence-electron chi connectivity index (χ2n) is 4.99. The van der Waals surface area contributed by atoms with E-state index in [0.717, 1.165) is 11.1 Å². The van der Waals surface area contributed by atoms with Crippen LogP contribution in [0.25, 0.3) is 11.3 Å². The van der Waals surface area contributed by atoms with Gasteiger partial charge in [-0.1, -0.05) is 54.1 Å². The summed E-state index contributed by atoms with van der Waals surface area (Å²) in [5.74, 6) is 0.274. The van der Waals surface area contributed by atoms with Gasteiger partial charge in [-0.05, 0) is 17.7 Å². The number of anilines is 1. The van der Waals surface area contributed by atoms with Crippen molar-refractivity contribution in [2.24, 2.45) is 0 Å². The van der Waals surface area contributed by atoms with Gasteiger partial charge in [0.2, 0.25) is 5.95 Å². The van der Waals surface area contributed by atoms with Gasteiger partial charge in [0.05, 0.1) is 18.4 Å². The molecular formula is C17H14ClN3O2. The Bertz CT molecular complexity index is 817. The number of nitrogens with one attached hydrogen (secondary N) is 1. The minimum Gasteiger partial charge on any atom is -0.465 e. The molecule has 0 radical (unpaired) electrons. The molecule has 3 aromatic rings. The minimum absolute atomic E-state index is 0.221. The SMILES string of the molecule is O=C(O)N(Cc1ccccc1)c1ncc(-c2cccc(Cl)c2)[nH]1. The Morgan fingerprint density at radius 3 is 2.65 bits per heavy atom. The minimum atomic E-state index is -1.07. The number of benzene rings is 2. The Hall–Kier alpha value is -2.79. The number of carboxylic acid groups (broad SMARTS) is 1. The lowest BCUT2D eigenvalue weighted by Gasteiger charge is -2.16. The molecule has 1 amide bonds. The van der Waals surface area contributed by atoms with Gasteiger partial charge in [0, 0.05) is 10.6 Å². The lowest BCUT2D eigenvalue weighted by Crippen LogP contribution is -2.29. The van der Waals surface area contributed by atoms with E-state index in [-0.39, 0.29) is 12.5 Å². The van der Waals surface area contributed by atoms with Crippen molar-refractivity contribution in [3.05, 3.63) is 71.4 Å². The largest absolute Gasteiger partial charge is 0.465 e. The Kier molecular flexibility index (Phi) is 4.30. The van der Waals surface area contributed by atoms with Crippen LogP contribution in [0.4, 0.5) is 10.7 Å². The summed E-state index contributed by atoms with van der Waals surface area (Å²) < 4.78 is 0. The number of imidazole rings is 1. The van der Waals surface area contributed by atoms with Crippen molar-refractivity contribution in [1.82, 2.24) is 9.97 Å². The van der Waals surface area contributed by atoms with Crippen LogP contribution in [0.3, 0.4) is 0 Å². The number of halogens is 1. The number of hydrogen-bond acceptors (Lipinski definition) is 2. The second kappa shape index (κ2) is 6.54. The van der Waals surface area contributed by atoms with Crippen molar-refractivity contribution in [2.45, 2.75) is 6.54 Å². The van der Waals surface area contributed by atoms with E-state index in [4.69, 9.17) is 11.6 Å². The van der Waals surface area contributed by atoms with Crippen molar-refractivity contribution >= 4 is 23.6 Å². The number of aromatic amines is 1. The van der Waals surface area contributed by atoms with E-state index < -0.39 is 6.09 Å². The van der Waals surface area contributed by atoms with E-state index in [0.29, 0.717) is 10.7 Å². The van der Waals surface area contributed by atoms with E-state index in [2.05, 4.69) is 9.97 Å². The highest BCUT2D eigenvalue weighted by Crippen LogP contribution is 2.23. The van der Waals surface area contributed by atoms with Crippen molar-refractivity contribution in [3.8, 4) is 11.3 Å². The third-order valence-electron chi connectivity index (χ3n) is 3.37. The molecule has 5 nitrogen and oxygen atoms in total. The Balaban J connectivity index is 1.88. The van der Waals surface area contributed by atoms with Crippen molar-refractivity contribution in [1.29, 1.82) is 0 Å². The van der Waals surface area contributed by atoms with Crippen molar-refractivity contribution in [3.63, 3.8) is 0 Å². The zero-order valence-corrected chi connectivity index (χ0v) is 12.9. The third kappa shape index (κ3) is 3.52. The molecule has 0 aliphatic carbocycles. The average molecular weight is 328 g/mol. The van der Waals surface area contributed by atoms with E-state index in [1.54, 1.807) is 18.3 Å². The smallest absolute Gasteiger partial charge is 0.414 e. The van der Waals surface area contributed by atoms with Crippen LogP contribution in [0.1, 0.15) is 5.56 Å². The first-order chi connectivity index (χ1) is 11.1. The van der Waals surface area contributed by atoms with Crippen molar-refractivity contribution < 1.29 is 9.90 Å². The fourth-order valence-electron chi connectivity index (χ4n) is 2.25. The predicted molar refractivity (Wildman–Crippen MR) is 89.7 cm³/mol. The molecule has 3 rings (SSSR count). The number of hydrogen-bond donors (Lipinski definition) is 2. The zero-order chi connectivity index (χ0) is 16.2. The molecule has 2 N–H and O–H groups in total. The maximum absolute atomic E-state index is 11.5. The highest BCUT2D eigenvalue weighted by molar-refractivity contribution is 6.30. The maximum Gasteiger partial charge on any atom is 0.414 e. The van der Waals surface area contributed by atoms with Gasteiger partial charge in [-0.3, -0.25) is 0 Å². The number of nitrogens with zero attached hydrogens (tertiary/aromatic N) is 2. The summed E-state index contributed by atoms with van der Waals surface area (Å²) in [4.78, 5) is 19.9. The summed E-state index contributed by atoms with van der Waals surface area (Å²) in [5.41, 5.74) is 2.44. The molecule has 0 fully saturated rings. The number of aromatic nitrogens is 2. The lowest BCUT2D eigenvalue weighted by molar-refractivity contribution is 0.201. The summed E-state index contributed by atoms with van der Waals surface area (Å²) in [6.07, 6.45) is 0.530. The van der Waals surface area contributed by atoms with Gasteiger partial charge in [-0.2, -0.15) is 0 Å². The molecular weight excluding hydrogens is 314 g/mol. The quantitative estimate of drug-likeness (QED) is 0.745. The first-order valence-corrected chi connectivity index (χ1v) is 7.36. The molecule has 116 valence electrons. The normalized spacial score (nSPS) is 10.5. The predicted octanol–water partition coefficient (Wildman–Crippen LogP) is 4.41. The molecule has 0 atom stereocenters. The first-order valence-electron chi connectivity index (χ1n) is 6.99. The highest BCUT2D eigenvalue weighted by atomic mass is 35.5. The third-order valence-corrected chi connectivity index (χ3v) is 3.60. The molecule has 0 spiro atoms. The standard InChI is InChI=1S/C17H14ClN3O2/c18-14-8-4-7-13(9-14)15-10-19-16(20-15)21(17(22)23)11-12-5-2-1-3-6-12/h1-10H,11H2,(H,19,20)(H,22,23). The number of H-pyrrole nitrogens is 1. The van der Waals surface area contributed by atoms with Crippen LogP contribution in [0.5, 0.6) is 0 Å². The van der Waals surface area contributed by atoms with Gasteiger partial charge in [0.25, 0.3) is 0 Å². The van der Waals surface area contributed by atoms with E-state index in [1.807, 2.05) is 42.5 Å². The Morgan fingerprint density at radius 1 is 1.17 bits per heavy atom. The monoisotopic (exact) mass is 327 g/mol. The van der Waals surface area contributed by atoms with Crippen LogP contribution < -0.4 is 4.90 Å². The molecule has 0 bridgehead atoms. The number of rotatable bonds is 4. The number of amides is 1. The highest BCUT2D eigenvalue weighted by Gasteiger charge is 2.18. The van der Waals surface area contributed by atoms with Gasteiger partial charge < -0.3 is 10.1 Å². The molecule has 2 aromatic carbocycles. The summed E-state index contributed by atoms with van der Waals surface area (Å²) >= 11 is 5.98. The van der Waals surface area contributed by atoms with E-state index in [1.165, 1.54) is 4.90 Å². The van der Waals surface area contributed by atoms with Gasteiger partial charge in [0.15, 0.2) is 0 Å². The van der Waals surface area contributed by atoms with Crippen LogP contribution >= 0.6 is 11.6 Å². The topological polar surface area (TPSA) is 69.2 Å². The first kappa shape index (κ1) is 15.1. The summed E-state index contributed by atoms with van der Waals surface area (Å²) in [5, 5.41) is 10.1. The summed E-state index contributed by atoms with van der Waals surface area (Å²) in [6.45, 7) is 0.221. The van der Waals surface area contributed by atoms with E-state index >= 15 is 0 Å². The number of carbonyl (C=O) groups is 1. The Labute approximate surface area is 138 Å². The fraction of sp³-hybridized carbons (Fsp3) is 0.0588. The van der Waals surface area contributed by atoms with Crippen LogP contribution in [0, 0.1) is 0 Å². The molecule has 0 saturated carbocycles. The van der Waals surface area contributed by atoms with Crippen LogP contribution in [0.2, 0.25) is 5.02 Å². The van der Waals surface area contributed by atoms with E-state index in [9.17, 15) is 9.90 Å². The molecule has 23 heavy (non-hydrogen) atoms. The summed E-state index contributed by atoms with van der Waals surface area (Å²) in [6, 6.07) is 16.7. The molecule has 0 aliphatic rings. The molecule has 0 unspecified atom stereocenters. The zero-order valence-electron chi connectivity index (χ0n) is 12.1. The fourth-order valence-corrected chi connectivity index (χ4v) is 2.44. The van der Waals surface area contributed by atoms with Gasteiger partial charge in [-0.25, -0.2) is 14.7 Å². The molecule has 1 heterocycles. The van der Waals surface area contributed by atoms with Crippen LogP contribution in [0.15, 0.2) is 60.8 Å². The van der Waals surface area contributed by atoms with Gasteiger partial charge in [0.1, 0.15) is 0 Å². The van der Waals surface area contributed by atoms with Crippen LogP contribution in [-0.4, -0.2) is 21.2 Å². The average Bonchev–Trinajstić information content (AvgIpc) is 3.03. The maximum atomic E-state index is 11.5. The van der Waals surface area contributed by atoms with Crippen LogP contribution in [-0.2, 0) is 6.54 Å².